The zero-order valence-corrected chi connectivity index (χ0v) is 15.0. The van der Waals surface area contributed by atoms with E-state index in [1.807, 2.05) is 35.2 Å². The van der Waals surface area contributed by atoms with Crippen LogP contribution in [0.25, 0.3) is 0 Å². The van der Waals surface area contributed by atoms with E-state index in [1.165, 1.54) is 12.1 Å². The van der Waals surface area contributed by atoms with E-state index in [0.29, 0.717) is 25.4 Å². The Morgan fingerprint density at radius 1 is 1.12 bits per heavy atom. The van der Waals surface area contributed by atoms with Gasteiger partial charge in [-0.05, 0) is 36.8 Å². The van der Waals surface area contributed by atoms with Crippen LogP contribution >= 0.6 is 0 Å². The van der Waals surface area contributed by atoms with Crippen LogP contribution in [0.4, 0.5) is 4.39 Å². The Morgan fingerprint density at radius 3 is 2.44 bits per heavy atom. The molecule has 0 saturated carbocycles. The fourth-order valence-electron chi connectivity index (χ4n) is 2.35. The van der Waals surface area contributed by atoms with Gasteiger partial charge in [-0.1, -0.05) is 30.3 Å². The van der Waals surface area contributed by atoms with Gasteiger partial charge in [0.25, 0.3) is 0 Å². The van der Waals surface area contributed by atoms with Crippen LogP contribution in [0.3, 0.4) is 0 Å². The van der Waals surface area contributed by atoms with Crippen molar-refractivity contribution >= 4 is 16.8 Å². The number of esters is 1. The van der Waals surface area contributed by atoms with Crippen molar-refractivity contribution in [2.45, 2.75) is 18.4 Å². The number of hydrogen-bond donors (Lipinski definition) is 0. The van der Waals surface area contributed by atoms with Crippen molar-refractivity contribution in [1.29, 1.82) is 0 Å². The van der Waals surface area contributed by atoms with Crippen LogP contribution in [0, 0.1) is 5.82 Å². The largest absolute Gasteiger partial charge is 0.465 e. The minimum Gasteiger partial charge on any atom is -0.465 e. The molecule has 0 saturated heterocycles. The zero-order valence-electron chi connectivity index (χ0n) is 14.2. The summed E-state index contributed by atoms with van der Waals surface area (Å²) >= 11 is 0. The van der Waals surface area contributed by atoms with Gasteiger partial charge in [0.15, 0.2) is 0 Å². The lowest BCUT2D eigenvalue weighted by molar-refractivity contribution is -0.144. The number of carbonyl (C=O) groups excluding carboxylic acids is 1. The van der Waals surface area contributed by atoms with Crippen LogP contribution in [0.1, 0.15) is 12.5 Å². The van der Waals surface area contributed by atoms with Crippen molar-refractivity contribution < 1.29 is 18.1 Å². The topological polar surface area (TPSA) is 46.6 Å². The maximum Gasteiger partial charge on any atom is 0.320 e. The predicted molar refractivity (Wildman–Crippen MR) is 96.0 cm³/mol. The Morgan fingerprint density at radius 2 is 1.80 bits per heavy atom. The molecule has 0 radical (unpaired) electrons. The summed E-state index contributed by atoms with van der Waals surface area (Å²) in [5, 5.41) is 0. The highest BCUT2D eigenvalue weighted by molar-refractivity contribution is 7.85. The Hall–Kier alpha value is -2.05. The third-order valence-corrected chi connectivity index (χ3v) is 4.93. The van der Waals surface area contributed by atoms with E-state index in [2.05, 4.69) is 0 Å². The van der Waals surface area contributed by atoms with E-state index in [-0.39, 0.29) is 18.3 Å². The summed E-state index contributed by atoms with van der Waals surface area (Å²) in [6, 6.07) is 15.4. The number of carbonyl (C=O) groups is 1. The van der Waals surface area contributed by atoms with E-state index >= 15 is 0 Å². The van der Waals surface area contributed by atoms with Gasteiger partial charge >= 0.3 is 5.97 Å². The van der Waals surface area contributed by atoms with Crippen molar-refractivity contribution in [3.8, 4) is 0 Å². The highest BCUT2D eigenvalue weighted by Crippen LogP contribution is 2.09. The number of halogens is 1. The van der Waals surface area contributed by atoms with Gasteiger partial charge in [0.05, 0.1) is 24.0 Å². The zero-order chi connectivity index (χ0) is 18.1. The first-order valence-corrected chi connectivity index (χ1v) is 9.46. The van der Waals surface area contributed by atoms with Gasteiger partial charge < -0.3 is 4.74 Å². The summed E-state index contributed by atoms with van der Waals surface area (Å²) < 4.78 is 30.4. The second kappa shape index (κ2) is 10.1. The Bertz CT molecular complexity index is 692. The third kappa shape index (κ3) is 6.76. The van der Waals surface area contributed by atoms with Crippen molar-refractivity contribution in [1.82, 2.24) is 4.90 Å². The van der Waals surface area contributed by atoms with Gasteiger partial charge in [-0.15, -0.1) is 0 Å². The quantitative estimate of drug-likeness (QED) is 0.643. The number of rotatable bonds is 9. The molecule has 1 unspecified atom stereocenters. The summed E-state index contributed by atoms with van der Waals surface area (Å²) in [7, 11) is -1.14. The minimum absolute atomic E-state index is 0.108. The molecule has 0 aliphatic rings. The van der Waals surface area contributed by atoms with Crippen molar-refractivity contribution in [3.63, 3.8) is 0 Å². The van der Waals surface area contributed by atoms with Crippen LogP contribution < -0.4 is 0 Å². The number of hydrogen-bond acceptors (Lipinski definition) is 4. The number of nitrogens with zero attached hydrogens (tertiary/aromatic N) is 1. The fraction of sp³-hybridized carbons (Fsp3) is 0.316. The molecule has 0 amide bonds. The van der Waals surface area contributed by atoms with Gasteiger partial charge in [0.1, 0.15) is 5.82 Å². The van der Waals surface area contributed by atoms with Crippen LogP contribution in [-0.4, -0.2) is 40.5 Å². The number of ether oxygens (including phenoxy) is 1. The van der Waals surface area contributed by atoms with Crippen LogP contribution in [0.2, 0.25) is 0 Å². The summed E-state index contributed by atoms with van der Waals surface area (Å²) in [4.78, 5) is 14.4. The summed E-state index contributed by atoms with van der Waals surface area (Å²) in [5.74, 6) is -0.217. The van der Waals surface area contributed by atoms with E-state index in [4.69, 9.17) is 4.74 Å². The normalized spacial score (nSPS) is 12.1. The Kier molecular flexibility index (Phi) is 7.76. The summed E-state index contributed by atoms with van der Waals surface area (Å²) in [5.41, 5.74) is 0.885. The molecule has 1 atom stereocenters. The molecule has 2 aromatic rings. The molecule has 134 valence electrons. The van der Waals surface area contributed by atoms with Gasteiger partial charge in [-0.25, -0.2) is 4.39 Å². The molecule has 0 N–H and O–H groups in total. The molecule has 4 nitrogen and oxygen atoms in total. The molecule has 0 fully saturated rings. The highest BCUT2D eigenvalue weighted by Gasteiger charge is 2.14. The fourth-order valence-corrected chi connectivity index (χ4v) is 3.47. The van der Waals surface area contributed by atoms with Gasteiger partial charge in [-0.2, -0.15) is 0 Å². The number of benzene rings is 2. The first-order valence-electron chi connectivity index (χ1n) is 8.14. The minimum atomic E-state index is -1.14. The van der Waals surface area contributed by atoms with E-state index < -0.39 is 10.8 Å². The van der Waals surface area contributed by atoms with E-state index in [1.54, 1.807) is 19.1 Å². The van der Waals surface area contributed by atoms with Crippen LogP contribution in [-0.2, 0) is 26.9 Å². The lowest BCUT2D eigenvalue weighted by Gasteiger charge is -2.21. The molecule has 0 bridgehead atoms. The average molecular weight is 363 g/mol. The van der Waals surface area contributed by atoms with Crippen molar-refractivity contribution in [3.05, 3.63) is 66.0 Å². The molecular weight excluding hydrogens is 341 g/mol. The molecule has 0 heterocycles. The molecule has 0 aliphatic carbocycles. The second-order valence-corrected chi connectivity index (χ2v) is 7.08. The maximum atomic E-state index is 13.0. The van der Waals surface area contributed by atoms with Gasteiger partial charge in [0, 0.05) is 23.7 Å². The molecule has 0 spiro atoms. The Balaban J connectivity index is 1.99. The van der Waals surface area contributed by atoms with Crippen molar-refractivity contribution in [2.24, 2.45) is 0 Å². The van der Waals surface area contributed by atoms with Crippen LogP contribution in [0.15, 0.2) is 59.5 Å². The smallest absolute Gasteiger partial charge is 0.320 e. The SMILES string of the molecule is CCOC(=O)CN(CCS(=O)c1ccccc1)Cc1ccc(F)cc1. The maximum absolute atomic E-state index is 13.0. The molecule has 6 heteroatoms. The second-order valence-electron chi connectivity index (χ2n) is 5.50. The summed E-state index contributed by atoms with van der Waals surface area (Å²) in [6.45, 7) is 3.12. The molecule has 0 aromatic heterocycles. The standard InChI is InChI=1S/C19H22FNO3S/c1-2-24-19(22)15-21(14-16-8-10-17(20)11-9-16)12-13-25(23)18-6-4-3-5-7-18/h3-11H,2,12-15H2,1H3. The van der Waals surface area contributed by atoms with E-state index in [0.717, 1.165) is 10.5 Å². The molecule has 0 aliphatic heterocycles. The average Bonchev–Trinajstić information content (AvgIpc) is 2.62. The first kappa shape index (κ1) is 19.3. The Labute approximate surface area is 150 Å². The van der Waals surface area contributed by atoms with Crippen LogP contribution in [0.5, 0.6) is 0 Å². The van der Waals surface area contributed by atoms with Gasteiger partial charge in [0.2, 0.25) is 0 Å². The van der Waals surface area contributed by atoms with Crippen molar-refractivity contribution in [2.75, 3.05) is 25.4 Å². The lowest BCUT2D eigenvalue weighted by Crippen LogP contribution is -2.33. The monoisotopic (exact) mass is 363 g/mol. The molecule has 25 heavy (non-hydrogen) atoms. The predicted octanol–water partition coefficient (Wildman–Crippen LogP) is 3.00. The first-order chi connectivity index (χ1) is 12.1. The molecule has 2 rings (SSSR count). The molecular formula is C19H22FNO3S. The lowest BCUT2D eigenvalue weighted by atomic mass is 10.2. The van der Waals surface area contributed by atoms with Gasteiger partial charge in [-0.3, -0.25) is 13.9 Å². The van der Waals surface area contributed by atoms with E-state index in [9.17, 15) is 13.4 Å². The molecule has 2 aromatic carbocycles. The summed E-state index contributed by atoms with van der Waals surface area (Å²) in [6.07, 6.45) is 0. The third-order valence-electron chi connectivity index (χ3n) is 3.58. The highest BCUT2D eigenvalue weighted by atomic mass is 32.2.